The summed E-state index contributed by atoms with van der Waals surface area (Å²) in [5.74, 6) is 0.629. The topological polar surface area (TPSA) is 3.24 Å². The van der Waals surface area contributed by atoms with Gasteiger partial charge in [0.2, 0.25) is 0 Å². The van der Waals surface area contributed by atoms with Gasteiger partial charge in [-0.3, -0.25) is 4.90 Å². The van der Waals surface area contributed by atoms with Crippen LogP contribution in [0.15, 0.2) is 24.3 Å². The summed E-state index contributed by atoms with van der Waals surface area (Å²) in [5.41, 5.74) is 1.20. The first-order valence-corrected chi connectivity index (χ1v) is 6.43. The highest BCUT2D eigenvalue weighted by Gasteiger charge is 2.20. The van der Waals surface area contributed by atoms with Gasteiger partial charge in [0, 0.05) is 18.4 Å². The largest absolute Gasteiger partial charge is 0.299 e. The molecule has 0 bridgehead atoms. The lowest BCUT2D eigenvalue weighted by Gasteiger charge is -2.15. The van der Waals surface area contributed by atoms with Crippen LogP contribution in [-0.4, -0.2) is 23.3 Å². The van der Waals surface area contributed by atoms with Gasteiger partial charge >= 0.3 is 0 Å². The van der Waals surface area contributed by atoms with Gasteiger partial charge in [0.25, 0.3) is 0 Å². The lowest BCUT2D eigenvalue weighted by atomic mass is 10.2. The highest BCUT2D eigenvalue weighted by molar-refractivity contribution is 9.09. The third-order valence-electron chi connectivity index (χ3n) is 2.91. The van der Waals surface area contributed by atoms with Crippen molar-refractivity contribution < 1.29 is 4.39 Å². The number of rotatable bonds is 3. The van der Waals surface area contributed by atoms with Crippen molar-refractivity contribution in [2.75, 3.05) is 18.4 Å². The van der Waals surface area contributed by atoms with Crippen molar-refractivity contribution in [2.45, 2.75) is 13.0 Å². The average Bonchev–Trinajstić information content (AvgIpc) is 2.69. The second-order valence-corrected chi connectivity index (χ2v) is 4.82. The summed E-state index contributed by atoms with van der Waals surface area (Å²) in [6.45, 7) is 3.26. The molecule has 1 aromatic rings. The molecule has 0 N–H and O–H groups in total. The first kappa shape index (κ1) is 11.1. The standard InChI is InChI=1S/C12H15BrFN/c13-7-11-5-6-15(9-11)8-10-1-3-12(14)4-2-10/h1-4,11H,5-9H2. The molecule has 0 saturated carbocycles. The van der Waals surface area contributed by atoms with E-state index in [2.05, 4.69) is 20.8 Å². The van der Waals surface area contributed by atoms with Gasteiger partial charge in [-0.2, -0.15) is 0 Å². The van der Waals surface area contributed by atoms with Crippen molar-refractivity contribution in [1.29, 1.82) is 0 Å². The number of nitrogens with zero attached hydrogens (tertiary/aromatic N) is 1. The molecule has 2 rings (SSSR count). The van der Waals surface area contributed by atoms with Gasteiger partial charge in [-0.05, 0) is 36.6 Å². The molecule has 1 unspecified atom stereocenters. The molecule has 0 aromatic heterocycles. The quantitative estimate of drug-likeness (QED) is 0.764. The van der Waals surface area contributed by atoms with Gasteiger partial charge in [0.05, 0.1) is 0 Å². The van der Waals surface area contributed by atoms with E-state index in [0.29, 0.717) is 0 Å². The van der Waals surface area contributed by atoms with E-state index >= 15 is 0 Å². The summed E-state index contributed by atoms with van der Waals surface area (Å²) in [5, 5.41) is 1.09. The molecule has 1 saturated heterocycles. The Kier molecular flexibility index (Phi) is 3.76. The Balaban J connectivity index is 1.90. The van der Waals surface area contributed by atoms with Crippen LogP contribution < -0.4 is 0 Å². The lowest BCUT2D eigenvalue weighted by Crippen LogP contribution is -2.20. The van der Waals surface area contributed by atoms with E-state index in [1.807, 2.05) is 12.1 Å². The Morgan fingerprint density at radius 3 is 2.67 bits per heavy atom. The summed E-state index contributed by atoms with van der Waals surface area (Å²) in [4.78, 5) is 2.43. The van der Waals surface area contributed by atoms with Crippen molar-refractivity contribution in [3.8, 4) is 0 Å². The zero-order chi connectivity index (χ0) is 10.7. The van der Waals surface area contributed by atoms with Crippen LogP contribution in [-0.2, 0) is 6.54 Å². The van der Waals surface area contributed by atoms with Crippen LogP contribution in [0.3, 0.4) is 0 Å². The fourth-order valence-electron chi connectivity index (χ4n) is 2.03. The van der Waals surface area contributed by atoms with Crippen LogP contribution in [0.25, 0.3) is 0 Å². The number of hydrogen-bond acceptors (Lipinski definition) is 1. The summed E-state index contributed by atoms with van der Waals surface area (Å²) in [6.07, 6.45) is 1.27. The first-order chi connectivity index (χ1) is 7.28. The fraction of sp³-hybridized carbons (Fsp3) is 0.500. The Hall–Kier alpha value is -0.410. The molecule has 0 aliphatic carbocycles. The van der Waals surface area contributed by atoms with Crippen LogP contribution in [0.5, 0.6) is 0 Å². The molecule has 0 spiro atoms. The average molecular weight is 272 g/mol. The molecule has 1 aliphatic heterocycles. The van der Waals surface area contributed by atoms with Crippen LogP contribution in [0, 0.1) is 11.7 Å². The number of halogens is 2. The molecule has 1 atom stereocenters. The second kappa shape index (κ2) is 5.08. The predicted octanol–water partition coefficient (Wildman–Crippen LogP) is 3.04. The van der Waals surface area contributed by atoms with Crippen LogP contribution in [0.2, 0.25) is 0 Å². The fourth-order valence-corrected chi connectivity index (χ4v) is 2.56. The summed E-state index contributed by atoms with van der Waals surface area (Å²) in [6, 6.07) is 6.81. The molecule has 1 fully saturated rings. The van der Waals surface area contributed by atoms with Gasteiger partial charge in [0.15, 0.2) is 0 Å². The Morgan fingerprint density at radius 1 is 1.33 bits per heavy atom. The first-order valence-electron chi connectivity index (χ1n) is 5.30. The maximum atomic E-state index is 12.7. The molecule has 1 nitrogen and oxygen atoms in total. The van der Waals surface area contributed by atoms with Crippen molar-refractivity contribution in [2.24, 2.45) is 5.92 Å². The molecular formula is C12H15BrFN. The minimum Gasteiger partial charge on any atom is -0.299 e. The lowest BCUT2D eigenvalue weighted by molar-refractivity contribution is 0.321. The van der Waals surface area contributed by atoms with Gasteiger partial charge in [0.1, 0.15) is 5.82 Å². The van der Waals surface area contributed by atoms with E-state index in [4.69, 9.17) is 0 Å². The van der Waals surface area contributed by atoms with Crippen LogP contribution >= 0.6 is 15.9 Å². The van der Waals surface area contributed by atoms with E-state index in [0.717, 1.165) is 30.9 Å². The number of likely N-dealkylation sites (tertiary alicyclic amines) is 1. The monoisotopic (exact) mass is 271 g/mol. The molecule has 3 heteroatoms. The Bertz CT molecular complexity index is 312. The smallest absolute Gasteiger partial charge is 0.123 e. The number of hydrogen-bond donors (Lipinski definition) is 0. The number of alkyl halides is 1. The molecule has 0 radical (unpaired) electrons. The summed E-state index contributed by atoms with van der Waals surface area (Å²) >= 11 is 3.52. The minimum absolute atomic E-state index is 0.154. The molecule has 1 aliphatic rings. The third kappa shape index (κ3) is 3.02. The SMILES string of the molecule is Fc1ccc(CN2CCC(CBr)C2)cc1. The van der Waals surface area contributed by atoms with Crippen molar-refractivity contribution >= 4 is 15.9 Å². The van der Waals surface area contributed by atoms with Gasteiger partial charge in [-0.1, -0.05) is 28.1 Å². The van der Waals surface area contributed by atoms with Crippen LogP contribution in [0.4, 0.5) is 4.39 Å². The maximum Gasteiger partial charge on any atom is 0.123 e. The number of benzene rings is 1. The third-order valence-corrected chi connectivity index (χ3v) is 3.82. The normalized spacial score (nSPS) is 22.1. The van der Waals surface area contributed by atoms with E-state index in [9.17, 15) is 4.39 Å². The van der Waals surface area contributed by atoms with Crippen molar-refractivity contribution in [3.05, 3.63) is 35.6 Å². The zero-order valence-corrected chi connectivity index (χ0v) is 10.2. The Morgan fingerprint density at radius 2 is 2.07 bits per heavy atom. The Labute approximate surface area is 98.4 Å². The highest BCUT2D eigenvalue weighted by Crippen LogP contribution is 2.20. The second-order valence-electron chi connectivity index (χ2n) is 4.17. The molecule has 82 valence electrons. The minimum atomic E-state index is -0.154. The van der Waals surface area contributed by atoms with E-state index < -0.39 is 0 Å². The summed E-state index contributed by atoms with van der Waals surface area (Å²) in [7, 11) is 0. The van der Waals surface area contributed by atoms with Crippen molar-refractivity contribution in [3.63, 3.8) is 0 Å². The van der Waals surface area contributed by atoms with Gasteiger partial charge in [-0.15, -0.1) is 0 Å². The molecule has 0 amide bonds. The zero-order valence-electron chi connectivity index (χ0n) is 8.63. The van der Waals surface area contributed by atoms with E-state index in [1.54, 1.807) is 0 Å². The molecule has 1 aromatic carbocycles. The highest BCUT2D eigenvalue weighted by atomic mass is 79.9. The van der Waals surface area contributed by atoms with E-state index in [-0.39, 0.29) is 5.82 Å². The maximum absolute atomic E-state index is 12.7. The van der Waals surface area contributed by atoms with Gasteiger partial charge in [-0.25, -0.2) is 4.39 Å². The van der Waals surface area contributed by atoms with Gasteiger partial charge < -0.3 is 0 Å². The molecule has 1 heterocycles. The predicted molar refractivity (Wildman–Crippen MR) is 63.6 cm³/mol. The van der Waals surface area contributed by atoms with E-state index in [1.165, 1.54) is 24.1 Å². The molecular weight excluding hydrogens is 257 g/mol. The summed E-state index contributed by atoms with van der Waals surface area (Å²) < 4.78 is 12.7. The van der Waals surface area contributed by atoms with Crippen LogP contribution in [0.1, 0.15) is 12.0 Å². The van der Waals surface area contributed by atoms with Crippen molar-refractivity contribution in [1.82, 2.24) is 4.90 Å². The molecule has 15 heavy (non-hydrogen) atoms.